The Bertz CT molecular complexity index is 898. The monoisotopic (exact) mass is 371 g/mol. The van der Waals surface area contributed by atoms with Crippen molar-refractivity contribution >= 4 is 21.9 Å². The summed E-state index contributed by atoms with van der Waals surface area (Å²) in [6.07, 6.45) is 1.38. The fourth-order valence-electron chi connectivity index (χ4n) is 1.92. The Morgan fingerprint density at radius 3 is 2.68 bits per heavy atom. The van der Waals surface area contributed by atoms with Gasteiger partial charge < -0.3 is 14.8 Å². The van der Waals surface area contributed by atoms with Crippen LogP contribution in [0.25, 0.3) is 0 Å². The van der Waals surface area contributed by atoms with Gasteiger partial charge in [-0.1, -0.05) is 5.21 Å². The van der Waals surface area contributed by atoms with E-state index in [0.717, 1.165) is 15.1 Å². The molecule has 0 aliphatic rings. The largest absolute Gasteiger partial charge is 0.480 e. The molecule has 0 bridgehead atoms. The zero-order valence-electron chi connectivity index (χ0n) is 13.8. The van der Waals surface area contributed by atoms with Gasteiger partial charge in [0.2, 0.25) is 10.0 Å². The average molecular weight is 371 g/mol. The first-order valence-electron chi connectivity index (χ1n) is 7.03. The van der Waals surface area contributed by atoms with Crippen LogP contribution in [-0.4, -0.2) is 58.8 Å². The van der Waals surface area contributed by atoms with Crippen molar-refractivity contribution in [3.8, 4) is 0 Å². The molecule has 0 atom stereocenters. The number of hydrogen-bond donors (Lipinski definition) is 2. The predicted octanol–water partition coefficient (Wildman–Crippen LogP) is -0.556. The van der Waals surface area contributed by atoms with E-state index in [-0.39, 0.29) is 29.5 Å². The molecular weight excluding hydrogens is 354 g/mol. The van der Waals surface area contributed by atoms with Crippen molar-refractivity contribution < 1.29 is 27.5 Å². The number of carboxylic acids is 1. The molecule has 2 heterocycles. The molecule has 0 saturated heterocycles. The maximum atomic E-state index is 12.1. The Balaban J connectivity index is 2.07. The number of furan rings is 1. The molecule has 0 radical (unpaired) electrons. The summed E-state index contributed by atoms with van der Waals surface area (Å²) >= 11 is 0. The second kappa shape index (κ2) is 7.03. The number of carbonyl (C=O) groups is 2. The molecule has 2 aromatic rings. The quantitative estimate of drug-likeness (QED) is 0.658. The number of carbonyl (C=O) groups excluding carboxylic acids is 1. The third-order valence-electron chi connectivity index (χ3n) is 3.17. The van der Waals surface area contributed by atoms with Crippen molar-refractivity contribution in [2.75, 3.05) is 14.1 Å². The van der Waals surface area contributed by atoms with Crippen LogP contribution in [0.4, 0.5) is 0 Å². The summed E-state index contributed by atoms with van der Waals surface area (Å²) in [4.78, 5) is 22.6. The molecule has 0 aromatic carbocycles. The lowest BCUT2D eigenvalue weighted by atomic mass is 10.4. The Morgan fingerprint density at radius 1 is 1.40 bits per heavy atom. The zero-order valence-corrected chi connectivity index (χ0v) is 14.6. The highest BCUT2D eigenvalue weighted by molar-refractivity contribution is 7.89. The molecule has 2 N–H and O–H groups in total. The lowest BCUT2D eigenvalue weighted by Gasteiger charge is -2.09. The molecule has 0 unspecified atom stereocenters. The van der Waals surface area contributed by atoms with Crippen LogP contribution in [0.5, 0.6) is 0 Å². The van der Waals surface area contributed by atoms with E-state index in [1.54, 1.807) is 0 Å². The van der Waals surface area contributed by atoms with Crippen LogP contribution >= 0.6 is 0 Å². The fourth-order valence-corrected chi connectivity index (χ4v) is 2.98. The molecule has 25 heavy (non-hydrogen) atoms. The molecule has 2 rings (SSSR count). The molecule has 136 valence electrons. The van der Waals surface area contributed by atoms with E-state index in [1.807, 2.05) is 0 Å². The maximum Gasteiger partial charge on any atom is 0.325 e. The minimum atomic E-state index is -3.72. The van der Waals surface area contributed by atoms with E-state index in [0.29, 0.717) is 5.69 Å². The topological polar surface area (TPSA) is 148 Å². The smallest absolute Gasteiger partial charge is 0.325 e. The number of carboxylic acid groups (broad SMARTS) is 1. The SMILES string of the molecule is Cc1oc(C(=O)NCc2cn(CC(=O)O)nn2)cc1S(=O)(=O)N(C)C. The van der Waals surface area contributed by atoms with E-state index in [2.05, 4.69) is 15.6 Å². The highest BCUT2D eigenvalue weighted by atomic mass is 32.2. The highest BCUT2D eigenvalue weighted by Crippen LogP contribution is 2.22. The van der Waals surface area contributed by atoms with Gasteiger partial charge in [-0.25, -0.2) is 17.4 Å². The number of aryl methyl sites for hydroxylation is 1. The van der Waals surface area contributed by atoms with Crippen LogP contribution in [0.2, 0.25) is 0 Å². The van der Waals surface area contributed by atoms with Gasteiger partial charge >= 0.3 is 5.97 Å². The van der Waals surface area contributed by atoms with Crippen molar-refractivity contribution in [1.82, 2.24) is 24.6 Å². The summed E-state index contributed by atoms with van der Waals surface area (Å²) in [7, 11) is -0.963. The van der Waals surface area contributed by atoms with E-state index in [4.69, 9.17) is 9.52 Å². The summed E-state index contributed by atoms with van der Waals surface area (Å²) in [5, 5.41) is 18.5. The van der Waals surface area contributed by atoms with Crippen LogP contribution in [0.15, 0.2) is 21.6 Å². The first kappa shape index (κ1) is 18.6. The second-order valence-corrected chi connectivity index (χ2v) is 7.42. The van der Waals surface area contributed by atoms with Crippen molar-refractivity contribution in [3.63, 3.8) is 0 Å². The Morgan fingerprint density at radius 2 is 2.08 bits per heavy atom. The molecule has 2 aromatic heterocycles. The Kier molecular flexibility index (Phi) is 5.23. The van der Waals surface area contributed by atoms with Crippen LogP contribution < -0.4 is 5.32 Å². The van der Waals surface area contributed by atoms with Crippen LogP contribution in [0, 0.1) is 6.92 Å². The van der Waals surface area contributed by atoms with Gasteiger partial charge in [-0.2, -0.15) is 0 Å². The van der Waals surface area contributed by atoms with Crippen molar-refractivity contribution in [3.05, 3.63) is 29.5 Å². The molecule has 0 spiro atoms. The van der Waals surface area contributed by atoms with E-state index in [1.165, 1.54) is 27.2 Å². The fraction of sp³-hybridized carbons (Fsp3) is 0.385. The zero-order chi connectivity index (χ0) is 18.8. The molecule has 11 nitrogen and oxygen atoms in total. The first-order chi connectivity index (χ1) is 11.6. The van der Waals surface area contributed by atoms with Gasteiger partial charge in [0.25, 0.3) is 5.91 Å². The van der Waals surface area contributed by atoms with Gasteiger partial charge in [0.1, 0.15) is 22.9 Å². The summed E-state index contributed by atoms with van der Waals surface area (Å²) in [6, 6.07) is 1.15. The third-order valence-corrected chi connectivity index (χ3v) is 5.09. The molecule has 1 amide bonds. The normalized spacial score (nSPS) is 11.7. The van der Waals surface area contributed by atoms with Gasteiger partial charge in [0.05, 0.1) is 12.7 Å². The minimum Gasteiger partial charge on any atom is -0.480 e. The minimum absolute atomic E-state index is 0.0199. The lowest BCUT2D eigenvalue weighted by Crippen LogP contribution is -2.23. The maximum absolute atomic E-state index is 12.1. The van der Waals surface area contributed by atoms with Gasteiger partial charge in [0.15, 0.2) is 5.76 Å². The Labute approximate surface area is 143 Å². The van der Waals surface area contributed by atoms with Gasteiger partial charge in [-0.3, -0.25) is 9.59 Å². The number of aromatic nitrogens is 3. The van der Waals surface area contributed by atoms with Gasteiger partial charge in [0, 0.05) is 20.2 Å². The van der Waals surface area contributed by atoms with Crippen LogP contribution in [-0.2, 0) is 27.9 Å². The molecule has 0 saturated carbocycles. The Hall–Kier alpha value is -2.73. The molecule has 0 aliphatic carbocycles. The number of nitrogens with zero attached hydrogens (tertiary/aromatic N) is 4. The molecule has 0 aliphatic heterocycles. The standard InChI is InChI=1S/C13H17N5O6S/c1-8-11(25(22,23)17(2)3)4-10(24-8)13(21)14-5-9-6-18(16-15-9)7-12(19)20/h4,6H,5,7H2,1-3H3,(H,14,21)(H,19,20). The summed E-state index contributed by atoms with van der Waals surface area (Å²) in [5.74, 6) is -1.75. The highest BCUT2D eigenvalue weighted by Gasteiger charge is 2.25. The predicted molar refractivity (Wildman–Crippen MR) is 83.1 cm³/mol. The molecular formula is C13H17N5O6S. The van der Waals surface area contributed by atoms with E-state index in [9.17, 15) is 18.0 Å². The number of nitrogens with one attached hydrogen (secondary N) is 1. The number of rotatable bonds is 7. The number of sulfonamides is 1. The summed E-state index contributed by atoms with van der Waals surface area (Å²) < 4.78 is 31.6. The first-order valence-corrected chi connectivity index (χ1v) is 8.47. The van der Waals surface area contributed by atoms with Crippen LogP contribution in [0.3, 0.4) is 0 Å². The lowest BCUT2D eigenvalue weighted by molar-refractivity contribution is -0.137. The summed E-state index contributed by atoms with van der Waals surface area (Å²) in [6.45, 7) is 1.09. The van der Waals surface area contributed by atoms with E-state index >= 15 is 0 Å². The number of amides is 1. The molecule has 12 heteroatoms. The second-order valence-electron chi connectivity index (χ2n) is 5.30. The average Bonchev–Trinajstić information content (AvgIpc) is 3.11. The third kappa shape index (κ3) is 4.22. The van der Waals surface area contributed by atoms with Crippen molar-refractivity contribution in [2.45, 2.75) is 24.9 Å². The van der Waals surface area contributed by atoms with Gasteiger partial charge in [-0.15, -0.1) is 5.10 Å². The van der Waals surface area contributed by atoms with E-state index < -0.39 is 21.9 Å². The van der Waals surface area contributed by atoms with Crippen molar-refractivity contribution in [1.29, 1.82) is 0 Å². The molecule has 0 fully saturated rings. The van der Waals surface area contributed by atoms with Crippen LogP contribution in [0.1, 0.15) is 22.0 Å². The summed E-state index contributed by atoms with van der Waals surface area (Å²) in [5.41, 5.74) is 0.346. The number of hydrogen-bond acceptors (Lipinski definition) is 7. The van der Waals surface area contributed by atoms with Gasteiger partial charge in [-0.05, 0) is 6.92 Å². The van der Waals surface area contributed by atoms with Crippen molar-refractivity contribution in [2.24, 2.45) is 0 Å². The number of aliphatic carboxylic acids is 1.